The molecule has 0 aromatic carbocycles. The summed E-state index contributed by atoms with van der Waals surface area (Å²) in [6.45, 7) is 0. The lowest BCUT2D eigenvalue weighted by Gasteiger charge is -2.24. The smallest absolute Gasteiger partial charge is 0.126 e. The lowest BCUT2D eigenvalue weighted by molar-refractivity contribution is 0.556. The molecule has 0 N–H and O–H groups in total. The van der Waals surface area contributed by atoms with Gasteiger partial charge in [-0.15, -0.1) is 0 Å². The Balaban J connectivity index is 1.62. The number of hydrogen-bond acceptors (Lipinski definition) is 3. The molecule has 0 aliphatic heterocycles. The Morgan fingerprint density at radius 3 is 1.73 bits per heavy atom. The van der Waals surface area contributed by atoms with Crippen LogP contribution in [0.3, 0.4) is 0 Å². The average molecular weight is 343 g/mol. The average Bonchev–Trinajstić information content (AvgIpc) is 3.35. The Bertz CT molecular complexity index is 898. The normalized spacial score (nSPS) is 19.5. The molecule has 0 spiro atoms. The van der Waals surface area contributed by atoms with Crippen LogP contribution in [-0.4, -0.2) is 4.98 Å². The van der Waals surface area contributed by atoms with E-state index in [0.29, 0.717) is 0 Å². The first-order chi connectivity index (χ1) is 12.9. The molecule has 5 rings (SSSR count). The molecule has 3 aromatic heterocycles. The third kappa shape index (κ3) is 2.84. The summed E-state index contributed by atoms with van der Waals surface area (Å²) in [4.78, 5) is 5.16. The molecule has 3 heterocycles. The number of fused-ring (bicyclic) bond motifs is 2. The van der Waals surface area contributed by atoms with Crippen LogP contribution in [0.1, 0.15) is 59.7 Å². The number of hydrogen-bond donors (Lipinski definition) is 0. The second kappa shape index (κ2) is 6.49. The lowest BCUT2D eigenvalue weighted by Crippen LogP contribution is -2.12. The van der Waals surface area contributed by atoms with Crippen LogP contribution in [-0.2, 0) is 12.8 Å². The van der Waals surface area contributed by atoms with Crippen molar-refractivity contribution < 1.29 is 8.83 Å². The molecule has 0 bridgehead atoms. The van der Waals surface area contributed by atoms with Gasteiger partial charge in [0.15, 0.2) is 0 Å². The molecule has 0 saturated carbocycles. The van der Waals surface area contributed by atoms with Gasteiger partial charge in [0.1, 0.15) is 11.5 Å². The van der Waals surface area contributed by atoms with Crippen LogP contribution in [0.25, 0.3) is 23.3 Å². The maximum absolute atomic E-state index is 5.53. The van der Waals surface area contributed by atoms with Gasteiger partial charge in [-0.3, -0.25) is 0 Å². The van der Waals surface area contributed by atoms with E-state index in [0.717, 1.165) is 48.6 Å². The van der Waals surface area contributed by atoms with E-state index in [1.807, 2.05) is 24.3 Å². The van der Waals surface area contributed by atoms with E-state index in [1.165, 1.54) is 35.1 Å². The summed E-state index contributed by atoms with van der Waals surface area (Å²) < 4.78 is 11.1. The second-order valence-electron chi connectivity index (χ2n) is 7.08. The van der Waals surface area contributed by atoms with E-state index >= 15 is 0 Å². The summed E-state index contributed by atoms with van der Waals surface area (Å²) in [5.74, 6) is 1.80. The molecular weight excluding hydrogens is 322 g/mol. The van der Waals surface area contributed by atoms with Gasteiger partial charge in [0.2, 0.25) is 0 Å². The van der Waals surface area contributed by atoms with Crippen molar-refractivity contribution in [1.82, 2.24) is 4.98 Å². The minimum absolute atomic E-state index is 0.902. The fourth-order valence-corrected chi connectivity index (χ4v) is 4.09. The first-order valence-electron chi connectivity index (χ1n) is 9.38. The number of pyridine rings is 1. The highest BCUT2D eigenvalue weighted by molar-refractivity contribution is 5.85. The van der Waals surface area contributed by atoms with Crippen LogP contribution in [0.15, 0.2) is 51.7 Å². The van der Waals surface area contributed by atoms with Crippen LogP contribution in [0.2, 0.25) is 0 Å². The Labute approximate surface area is 153 Å². The highest BCUT2D eigenvalue weighted by Gasteiger charge is 2.23. The van der Waals surface area contributed by atoms with Gasteiger partial charge < -0.3 is 8.83 Å². The van der Waals surface area contributed by atoms with Gasteiger partial charge in [-0.25, -0.2) is 4.98 Å². The highest BCUT2D eigenvalue weighted by atomic mass is 16.3. The largest absolute Gasteiger partial charge is 0.465 e. The van der Waals surface area contributed by atoms with Crippen molar-refractivity contribution in [3.05, 3.63) is 76.9 Å². The summed E-state index contributed by atoms with van der Waals surface area (Å²) in [5, 5.41) is 0. The van der Waals surface area contributed by atoms with Crippen LogP contribution >= 0.6 is 0 Å². The van der Waals surface area contributed by atoms with E-state index < -0.39 is 0 Å². The molecule has 3 aromatic rings. The first kappa shape index (κ1) is 15.4. The van der Waals surface area contributed by atoms with Crippen molar-refractivity contribution in [1.29, 1.82) is 0 Å². The minimum Gasteiger partial charge on any atom is -0.465 e. The maximum atomic E-state index is 5.53. The van der Waals surface area contributed by atoms with Gasteiger partial charge in [0.05, 0.1) is 23.9 Å². The SMILES string of the molecule is C(=C1/CCCc2cc3c(nc21)/C(=C/c1ccco1)CCC3)/c1ccco1. The molecule has 0 atom stereocenters. The number of allylic oxidation sites excluding steroid dienone is 2. The predicted molar refractivity (Wildman–Crippen MR) is 103 cm³/mol. The van der Waals surface area contributed by atoms with Gasteiger partial charge in [-0.1, -0.05) is 6.07 Å². The van der Waals surface area contributed by atoms with Crippen molar-refractivity contribution >= 4 is 23.3 Å². The highest BCUT2D eigenvalue weighted by Crippen LogP contribution is 2.37. The zero-order chi connectivity index (χ0) is 17.3. The number of aryl methyl sites for hydroxylation is 2. The van der Waals surface area contributed by atoms with Crippen molar-refractivity contribution in [2.75, 3.05) is 0 Å². The van der Waals surface area contributed by atoms with Gasteiger partial charge in [-0.05, 0) is 97.2 Å². The lowest BCUT2D eigenvalue weighted by atomic mass is 9.85. The number of rotatable bonds is 2. The number of nitrogens with zero attached hydrogens (tertiary/aromatic N) is 1. The van der Waals surface area contributed by atoms with E-state index in [-0.39, 0.29) is 0 Å². The van der Waals surface area contributed by atoms with Gasteiger partial charge in [-0.2, -0.15) is 0 Å². The van der Waals surface area contributed by atoms with Crippen molar-refractivity contribution in [2.24, 2.45) is 0 Å². The summed E-state index contributed by atoms with van der Waals surface area (Å²) in [7, 11) is 0. The summed E-state index contributed by atoms with van der Waals surface area (Å²) in [5.41, 5.74) is 7.63. The Morgan fingerprint density at radius 1 is 0.731 bits per heavy atom. The van der Waals surface area contributed by atoms with Crippen LogP contribution in [0.4, 0.5) is 0 Å². The van der Waals surface area contributed by atoms with Crippen LogP contribution in [0, 0.1) is 0 Å². The Hall–Kier alpha value is -2.81. The van der Waals surface area contributed by atoms with Crippen molar-refractivity contribution in [3.63, 3.8) is 0 Å². The van der Waals surface area contributed by atoms with E-state index in [9.17, 15) is 0 Å². The monoisotopic (exact) mass is 343 g/mol. The van der Waals surface area contributed by atoms with Gasteiger partial charge in [0, 0.05) is 0 Å². The fourth-order valence-electron chi connectivity index (χ4n) is 4.09. The molecular formula is C23H21NO2. The quantitative estimate of drug-likeness (QED) is 0.571. The summed E-state index contributed by atoms with van der Waals surface area (Å²) in [6, 6.07) is 10.3. The van der Waals surface area contributed by atoms with Crippen molar-refractivity contribution in [3.8, 4) is 0 Å². The Morgan fingerprint density at radius 2 is 1.27 bits per heavy atom. The zero-order valence-electron chi connectivity index (χ0n) is 14.7. The van der Waals surface area contributed by atoms with Crippen LogP contribution in [0.5, 0.6) is 0 Å². The summed E-state index contributed by atoms with van der Waals surface area (Å²) >= 11 is 0. The molecule has 130 valence electrons. The molecule has 3 nitrogen and oxygen atoms in total. The minimum atomic E-state index is 0.902. The standard InChI is InChI=1S/C23H21NO2/c1-5-16-13-17-6-2-8-19(15-21-10-4-12-26-21)23(17)24-22(16)18(7-1)14-20-9-3-11-25-20/h3-4,9-15H,1-2,5-8H2/b18-14+,19-15+. The fraction of sp³-hybridized carbons (Fsp3) is 0.261. The topological polar surface area (TPSA) is 39.2 Å². The molecule has 2 aliphatic rings. The van der Waals surface area contributed by atoms with Gasteiger partial charge in [0.25, 0.3) is 0 Å². The molecule has 0 unspecified atom stereocenters. The molecule has 3 heteroatoms. The van der Waals surface area contributed by atoms with E-state index in [1.54, 1.807) is 12.5 Å². The molecule has 0 saturated heterocycles. The Kier molecular flexibility index (Phi) is 3.85. The third-order valence-corrected chi connectivity index (χ3v) is 5.29. The van der Waals surface area contributed by atoms with E-state index in [4.69, 9.17) is 13.8 Å². The zero-order valence-corrected chi connectivity index (χ0v) is 14.7. The van der Waals surface area contributed by atoms with Gasteiger partial charge >= 0.3 is 0 Å². The molecule has 26 heavy (non-hydrogen) atoms. The van der Waals surface area contributed by atoms with Crippen LogP contribution < -0.4 is 0 Å². The third-order valence-electron chi connectivity index (χ3n) is 5.29. The number of aromatic nitrogens is 1. The maximum Gasteiger partial charge on any atom is 0.126 e. The second-order valence-corrected chi connectivity index (χ2v) is 7.08. The molecule has 0 fully saturated rings. The van der Waals surface area contributed by atoms with Crippen molar-refractivity contribution in [2.45, 2.75) is 38.5 Å². The van der Waals surface area contributed by atoms with E-state index in [2.05, 4.69) is 18.2 Å². The first-order valence-corrected chi connectivity index (χ1v) is 9.38. The number of furan rings is 2. The predicted octanol–water partition coefficient (Wildman–Crippen LogP) is 6.02. The summed E-state index contributed by atoms with van der Waals surface area (Å²) in [6.07, 6.45) is 14.4. The molecule has 0 amide bonds. The molecule has 2 aliphatic carbocycles. The molecule has 0 radical (unpaired) electrons.